The Morgan fingerprint density at radius 2 is 2.25 bits per heavy atom. The van der Waals surface area contributed by atoms with Gasteiger partial charge in [0.15, 0.2) is 0 Å². The Morgan fingerprint density at radius 3 is 3.00 bits per heavy atom. The maximum Gasteiger partial charge on any atom is 0.255 e. The van der Waals surface area contributed by atoms with Crippen LogP contribution in [0.2, 0.25) is 0 Å². The summed E-state index contributed by atoms with van der Waals surface area (Å²) in [6, 6.07) is 8.06. The molecule has 2 aromatic rings. The highest BCUT2D eigenvalue weighted by Crippen LogP contribution is 2.23. The third-order valence-electron chi connectivity index (χ3n) is 3.72. The minimum absolute atomic E-state index is 0.151. The summed E-state index contributed by atoms with van der Waals surface area (Å²) in [6.45, 7) is 1.68. The summed E-state index contributed by atoms with van der Waals surface area (Å²) in [5.41, 5.74) is 0.811. The lowest BCUT2D eigenvalue weighted by molar-refractivity contribution is 0.0723. The van der Waals surface area contributed by atoms with Crippen LogP contribution in [0.1, 0.15) is 23.2 Å². The van der Waals surface area contributed by atoms with E-state index >= 15 is 0 Å². The molecule has 1 fully saturated rings. The van der Waals surface area contributed by atoms with Crippen molar-refractivity contribution in [1.82, 2.24) is 14.5 Å². The predicted octanol–water partition coefficient (Wildman–Crippen LogP) is 2.79. The van der Waals surface area contributed by atoms with Crippen LogP contribution in [0.4, 0.5) is 0 Å². The fourth-order valence-corrected chi connectivity index (χ4v) is 3.34. The molecule has 3 rings (SSSR count). The zero-order valence-electron chi connectivity index (χ0n) is 11.1. The van der Waals surface area contributed by atoms with E-state index in [0.717, 1.165) is 35.1 Å². The SMILES string of the molecule is O=C(c1ccccc1I)N1CCC[C@H]1Cn1ccnc1. The van der Waals surface area contributed by atoms with Crippen molar-refractivity contribution in [3.8, 4) is 0 Å². The number of aromatic nitrogens is 2. The van der Waals surface area contributed by atoms with E-state index in [0.29, 0.717) is 0 Å². The van der Waals surface area contributed by atoms with E-state index < -0.39 is 0 Å². The molecule has 0 saturated carbocycles. The molecule has 0 spiro atoms. The van der Waals surface area contributed by atoms with Gasteiger partial charge in [0.1, 0.15) is 0 Å². The monoisotopic (exact) mass is 381 g/mol. The zero-order valence-corrected chi connectivity index (χ0v) is 13.2. The molecule has 1 aromatic heterocycles. The quantitative estimate of drug-likeness (QED) is 0.767. The number of carbonyl (C=O) groups is 1. The van der Waals surface area contributed by atoms with Crippen LogP contribution in [0.5, 0.6) is 0 Å². The first-order valence-electron chi connectivity index (χ1n) is 6.77. The Balaban J connectivity index is 1.78. The van der Waals surface area contributed by atoms with Crippen molar-refractivity contribution in [3.05, 3.63) is 52.1 Å². The summed E-state index contributed by atoms with van der Waals surface area (Å²) < 4.78 is 3.06. The van der Waals surface area contributed by atoms with Gasteiger partial charge in [-0.3, -0.25) is 4.79 Å². The molecule has 104 valence electrons. The molecule has 1 amide bonds. The number of benzene rings is 1. The number of amides is 1. The molecule has 1 aliphatic rings. The standard InChI is InChI=1S/C15H16IN3O/c16-14-6-2-1-5-13(14)15(20)19-8-3-4-12(19)10-18-9-7-17-11-18/h1-2,5-7,9,11-12H,3-4,8,10H2/t12-/m0/s1. The molecular formula is C15H16IN3O. The maximum absolute atomic E-state index is 12.7. The first kappa shape index (κ1) is 13.6. The van der Waals surface area contributed by atoms with E-state index in [4.69, 9.17) is 0 Å². The maximum atomic E-state index is 12.7. The normalized spacial score (nSPS) is 18.4. The third-order valence-corrected chi connectivity index (χ3v) is 4.66. The number of carbonyl (C=O) groups excluding carboxylic acids is 1. The van der Waals surface area contributed by atoms with E-state index in [2.05, 4.69) is 27.6 Å². The number of hydrogen-bond donors (Lipinski definition) is 0. The van der Waals surface area contributed by atoms with Crippen LogP contribution < -0.4 is 0 Å². The van der Waals surface area contributed by atoms with Crippen molar-refractivity contribution >= 4 is 28.5 Å². The number of rotatable bonds is 3. The minimum Gasteiger partial charge on any atom is -0.335 e. The number of likely N-dealkylation sites (tertiary alicyclic amines) is 1. The molecule has 1 aromatic carbocycles. The first-order chi connectivity index (χ1) is 9.75. The van der Waals surface area contributed by atoms with Gasteiger partial charge in [-0.25, -0.2) is 4.98 Å². The van der Waals surface area contributed by atoms with Crippen LogP contribution in [-0.2, 0) is 6.54 Å². The average molecular weight is 381 g/mol. The smallest absolute Gasteiger partial charge is 0.255 e. The van der Waals surface area contributed by atoms with Crippen LogP contribution in [0, 0.1) is 3.57 Å². The van der Waals surface area contributed by atoms with Crippen molar-refractivity contribution < 1.29 is 4.79 Å². The lowest BCUT2D eigenvalue weighted by Gasteiger charge is -2.25. The second-order valence-electron chi connectivity index (χ2n) is 5.03. The molecule has 1 saturated heterocycles. The Kier molecular flexibility index (Phi) is 4.05. The molecule has 20 heavy (non-hydrogen) atoms. The van der Waals surface area contributed by atoms with Gasteiger partial charge >= 0.3 is 0 Å². The number of hydrogen-bond acceptors (Lipinski definition) is 2. The highest BCUT2D eigenvalue weighted by molar-refractivity contribution is 14.1. The average Bonchev–Trinajstić information content (AvgIpc) is 3.11. The zero-order chi connectivity index (χ0) is 13.9. The second kappa shape index (κ2) is 5.95. The molecule has 0 unspecified atom stereocenters. The topological polar surface area (TPSA) is 38.1 Å². The Hall–Kier alpha value is -1.37. The van der Waals surface area contributed by atoms with Crippen molar-refractivity contribution in [2.45, 2.75) is 25.4 Å². The molecule has 0 bridgehead atoms. The summed E-state index contributed by atoms with van der Waals surface area (Å²) in [4.78, 5) is 18.8. The predicted molar refractivity (Wildman–Crippen MR) is 85.4 cm³/mol. The fourth-order valence-electron chi connectivity index (χ4n) is 2.72. The van der Waals surface area contributed by atoms with Gasteiger partial charge in [-0.2, -0.15) is 0 Å². The highest BCUT2D eigenvalue weighted by Gasteiger charge is 2.30. The van der Waals surface area contributed by atoms with E-state index in [-0.39, 0.29) is 11.9 Å². The van der Waals surface area contributed by atoms with Gasteiger partial charge in [-0.15, -0.1) is 0 Å². The van der Waals surface area contributed by atoms with Crippen LogP contribution in [0.15, 0.2) is 43.0 Å². The van der Waals surface area contributed by atoms with E-state index in [1.807, 2.05) is 46.3 Å². The van der Waals surface area contributed by atoms with E-state index in [1.54, 1.807) is 6.20 Å². The van der Waals surface area contributed by atoms with Gasteiger partial charge in [0.2, 0.25) is 0 Å². The second-order valence-corrected chi connectivity index (χ2v) is 6.20. The molecule has 1 atom stereocenters. The van der Waals surface area contributed by atoms with E-state index in [9.17, 15) is 4.79 Å². The van der Waals surface area contributed by atoms with Crippen LogP contribution in [0.25, 0.3) is 0 Å². The third kappa shape index (κ3) is 2.72. The molecule has 5 heteroatoms. The van der Waals surface area contributed by atoms with Crippen molar-refractivity contribution in [2.75, 3.05) is 6.54 Å². The molecular weight excluding hydrogens is 365 g/mol. The van der Waals surface area contributed by atoms with Gasteiger partial charge in [-0.1, -0.05) is 12.1 Å². The van der Waals surface area contributed by atoms with Gasteiger partial charge in [0, 0.05) is 35.1 Å². The molecule has 0 aliphatic carbocycles. The minimum atomic E-state index is 0.151. The largest absolute Gasteiger partial charge is 0.335 e. The first-order valence-corrected chi connectivity index (χ1v) is 7.85. The summed E-state index contributed by atoms with van der Waals surface area (Å²) in [6.07, 6.45) is 7.68. The molecule has 0 radical (unpaired) electrons. The van der Waals surface area contributed by atoms with Crippen molar-refractivity contribution in [3.63, 3.8) is 0 Å². The van der Waals surface area contributed by atoms with Gasteiger partial charge in [0.05, 0.1) is 11.9 Å². The van der Waals surface area contributed by atoms with Crippen LogP contribution >= 0.6 is 22.6 Å². The lowest BCUT2D eigenvalue weighted by atomic mass is 10.1. The lowest BCUT2D eigenvalue weighted by Crippen LogP contribution is -2.38. The number of halogens is 1. The molecule has 4 nitrogen and oxygen atoms in total. The number of imidazole rings is 1. The summed E-state index contributed by atoms with van der Waals surface area (Å²) >= 11 is 2.23. The van der Waals surface area contributed by atoms with Crippen LogP contribution in [-0.4, -0.2) is 32.9 Å². The van der Waals surface area contributed by atoms with Gasteiger partial charge in [0.25, 0.3) is 5.91 Å². The summed E-state index contributed by atoms with van der Waals surface area (Å²) in [7, 11) is 0. The van der Waals surface area contributed by atoms with Crippen LogP contribution in [0.3, 0.4) is 0 Å². The highest BCUT2D eigenvalue weighted by atomic mass is 127. The Bertz CT molecular complexity index is 597. The fraction of sp³-hybridized carbons (Fsp3) is 0.333. The van der Waals surface area contributed by atoms with Gasteiger partial charge in [-0.05, 0) is 47.6 Å². The van der Waals surface area contributed by atoms with E-state index in [1.165, 1.54) is 0 Å². The summed E-state index contributed by atoms with van der Waals surface area (Å²) in [5.74, 6) is 0.151. The van der Waals surface area contributed by atoms with Gasteiger partial charge < -0.3 is 9.47 Å². The van der Waals surface area contributed by atoms with Crippen molar-refractivity contribution in [2.24, 2.45) is 0 Å². The van der Waals surface area contributed by atoms with Crippen molar-refractivity contribution in [1.29, 1.82) is 0 Å². The molecule has 0 N–H and O–H groups in total. The number of nitrogens with zero attached hydrogens (tertiary/aromatic N) is 3. The summed E-state index contributed by atoms with van der Waals surface area (Å²) in [5, 5.41) is 0. The molecule has 2 heterocycles. The molecule has 1 aliphatic heterocycles. The Morgan fingerprint density at radius 1 is 1.40 bits per heavy atom. The Labute approximate surface area is 131 Å².